The number of hydrogen-bond donors (Lipinski definition) is 3. The average molecular weight is 372 g/mol. The molecule has 0 aromatic carbocycles. The van der Waals surface area contributed by atoms with Crippen LogP contribution in [0.25, 0.3) is 0 Å². The molecule has 1 aromatic heterocycles. The van der Waals surface area contributed by atoms with Gasteiger partial charge in [0.2, 0.25) is 5.91 Å². The highest BCUT2D eigenvalue weighted by molar-refractivity contribution is 9.10. The molecule has 0 bridgehead atoms. The fourth-order valence-electron chi connectivity index (χ4n) is 1.75. The first-order valence-electron chi connectivity index (χ1n) is 6.71. The zero-order chi connectivity index (χ0) is 16.7. The number of carboxylic acids is 1. The van der Waals surface area contributed by atoms with Crippen LogP contribution in [-0.2, 0) is 9.59 Å². The van der Waals surface area contributed by atoms with Crippen LogP contribution in [0, 0.1) is 5.92 Å². The van der Waals surface area contributed by atoms with E-state index >= 15 is 0 Å². The van der Waals surface area contributed by atoms with Gasteiger partial charge in [-0.2, -0.15) is 0 Å². The van der Waals surface area contributed by atoms with Gasteiger partial charge in [-0.3, -0.25) is 14.6 Å². The number of aliphatic carboxylic acids is 1. The number of carboxylic acid groups (broad SMARTS) is 1. The Morgan fingerprint density at radius 1 is 1.36 bits per heavy atom. The fraction of sp³-hybridized carbons (Fsp3) is 0.429. The van der Waals surface area contributed by atoms with Crippen LogP contribution in [0.15, 0.2) is 22.9 Å². The predicted molar refractivity (Wildman–Crippen MR) is 83.3 cm³/mol. The second kappa shape index (κ2) is 8.47. The summed E-state index contributed by atoms with van der Waals surface area (Å²) in [5.74, 6) is -1.96. The minimum absolute atomic E-state index is 0.128. The van der Waals surface area contributed by atoms with Crippen LogP contribution >= 0.6 is 15.9 Å². The molecular formula is C14H18BrN3O4. The lowest BCUT2D eigenvalue weighted by Gasteiger charge is -2.16. The normalized spacial score (nSPS) is 11.8. The third-order valence-electron chi connectivity index (χ3n) is 2.77. The SMILES string of the molecule is CC(C)C[C@H](NC(=O)CNC(=O)c1ccncc1Br)C(=O)O. The van der Waals surface area contributed by atoms with Crippen LogP contribution in [0.2, 0.25) is 0 Å². The average Bonchev–Trinajstić information content (AvgIpc) is 2.44. The van der Waals surface area contributed by atoms with Crippen molar-refractivity contribution >= 4 is 33.7 Å². The molecule has 0 aliphatic carbocycles. The maximum Gasteiger partial charge on any atom is 0.326 e. The number of rotatable bonds is 7. The molecule has 0 saturated heterocycles. The van der Waals surface area contributed by atoms with E-state index < -0.39 is 23.8 Å². The lowest BCUT2D eigenvalue weighted by atomic mass is 10.0. The van der Waals surface area contributed by atoms with Crippen molar-refractivity contribution in [1.29, 1.82) is 0 Å². The number of nitrogens with one attached hydrogen (secondary N) is 2. The van der Waals surface area contributed by atoms with Crippen LogP contribution < -0.4 is 10.6 Å². The van der Waals surface area contributed by atoms with Crippen molar-refractivity contribution in [3.8, 4) is 0 Å². The molecule has 1 aromatic rings. The van der Waals surface area contributed by atoms with Crippen LogP contribution in [0.1, 0.15) is 30.6 Å². The van der Waals surface area contributed by atoms with Gasteiger partial charge in [-0.1, -0.05) is 13.8 Å². The molecule has 22 heavy (non-hydrogen) atoms. The Hall–Kier alpha value is -1.96. The molecule has 2 amide bonds. The molecule has 0 spiro atoms. The van der Waals surface area contributed by atoms with Crippen molar-refractivity contribution < 1.29 is 19.5 Å². The topological polar surface area (TPSA) is 108 Å². The van der Waals surface area contributed by atoms with Crippen molar-refractivity contribution in [3.63, 3.8) is 0 Å². The van der Waals surface area contributed by atoms with Crippen molar-refractivity contribution in [2.75, 3.05) is 6.54 Å². The van der Waals surface area contributed by atoms with Crippen LogP contribution in [0.3, 0.4) is 0 Å². The van der Waals surface area contributed by atoms with Gasteiger partial charge in [-0.25, -0.2) is 4.79 Å². The van der Waals surface area contributed by atoms with Gasteiger partial charge in [0.05, 0.1) is 12.1 Å². The molecule has 0 fully saturated rings. The molecule has 1 rings (SSSR count). The molecule has 120 valence electrons. The third kappa shape index (κ3) is 5.80. The summed E-state index contributed by atoms with van der Waals surface area (Å²) >= 11 is 3.19. The lowest BCUT2D eigenvalue weighted by molar-refractivity contribution is -0.142. The van der Waals surface area contributed by atoms with E-state index in [4.69, 9.17) is 5.11 Å². The Bertz CT molecular complexity index is 563. The highest BCUT2D eigenvalue weighted by atomic mass is 79.9. The smallest absolute Gasteiger partial charge is 0.326 e. The van der Waals surface area contributed by atoms with Crippen molar-refractivity contribution in [2.45, 2.75) is 26.3 Å². The second-order valence-corrected chi connectivity index (χ2v) is 5.98. The third-order valence-corrected chi connectivity index (χ3v) is 3.40. The van der Waals surface area contributed by atoms with Gasteiger partial charge in [-0.05, 0) is 34.3 Å². The summed E-state index contributed by atoms with van der Waals surface area (Å²) < 4.78 is 0.510. The first-order chi connectivity index (χ1) is 10.3. The highest BCUT2D eigenvalue weighted by Crippen LogP contribution is 2.13. The van der Waals surface area contributed by atoms with E-state index in [1.54, 1.807) is 0 Å². The summed E-state index contributed by atoms with van der Waals surface area (Å²) in [6.45, 7) is 3.44. The molecule has 1 atom stereocenters. The van der Waals surface area contributed by atoms with Crippen LogP contribution in [0.4, 0.5) is 0 Å². The fourth-order valence-corrected chi connectivity index (χ4v) is 2.18. The van der Waals surface area contributed by atoms with Crippen LogP contribution in [-0.4, -0.2) is 40.5 Å². The van der Waals surface area contributed by atoms with Gasteiger partial charge in [0.1, 0.15) is 6.04 Å². The summed E-state index contributed by atoms with van der Waals surface area (Å²) in [5, 5.41) is 13.9. The number of amides is 2. The largest absolute Gasteiger partial charge is 0.480 e. The summed E-state index contributed by atoms with van der Waals surface area (Å²) in [5.41, 5.74) is 0.347. The Kier molecular flexibility index (Phi) is 6.97. The standard InChI is InChI=1S/C14H18BrN3O4/c1-8(2)5-11(14(21)22)18-12(19)7-17-13(20)9-3-4-16-6-10(9)15/h3-4,6,8,11H,5,7H2,1-2H3,(H,17,20)(H,18,19)(H,21,22)/t11-/m0/s1. The number of carbonyl (C=O) groups excluding carboxylic acids is 2. The van der Waals surface area contributed by atoms with Gasteiger partial charge in [0.25, 0.3) is 5.91 Å². The van der Waals surface area contributed by atoms with E-state index in [0.29, 0.717) is 16.5 Å². The van der Waals surface area contributed by atoms with Crippen LogP contribution in [0.5, 0.6) is 0 Å². The Balaban J connectivity index is 2.53. The Morgan fingerprint density at radius 3 is 2.59 bits per heavy atom. The number of hydrogen-bond acceptors (Lipinski definition) is 4. The van der Waals surface area contributed by atoms with Crippen molar-refractivity contribution in [1.82, 2.24) is 15.6 Å². The Morgan fingerprint density at radius 2 is 2.05 bits per heavy atom. The zero-order valence-electron chi connectivity index (χ0n) is 12.3. The molecule has 1 heterocycles. The minimum atomic E-state index is -1.09. The molecule has 3 N–H and O–H groups in total. The quantitative estimate of drug-likeness (QED) is 0.666. The van der Waals surface area contributed by atoms with Gasteiger partial charge in [0, 0.05) is 16.9 Å². The van der Waals surface area contributed by atoms with Gasteiger partial charge in [-0.15, -0.1) is 0 Å². The molecule has 0 saturated carbocycles. The zero-order valence-corrected chi connectivity index (χ0v) is 13.9. The summed E-state index contributed by atoms with van der Waals surface area (Å²) in [7, 11) is 0. The monoisotopic (exact) mass is 371 g/mol. The van der Waals surface area contributed by atoms with Crippen molar-refractivity contribution in [3.05, 3.63) is 28.5 Å². The summed E-state index contributed by atoms with van der Waals surface area (Å²) in [6, 6.07) is 0.549. The van der Waals surface area contributed by atoms with Gasteiger partial charge >= 0.3 is 5.97 Å². The number of pyridine rings is 1. The highest BCUT2D eigenvalue weighted by Gasteiger charge is 2.21. The Labute approximate surface area is 136 Å². The van der Waals surface area contributed by atoms with E-state index in [1.807, 2.05) is 13.8 Å². The van der Waals surface area contributed by atoms with Crippen molar-refractivity contribution in [2.24, 2.45) is 5.92 Å². The van der Waals surface area contributed by atoms with E-state index in [0.717, 1.165) is 0 Å². The predicted octanol–water partition coefficient (Wildman–Crippen LogP) is 1.19. The maximum absolute atomic E-state index is 11.9. The maximum atomic E-state index is 11.9. The first kappa shape index (κ1) is 18.1. The number of halogens is 1. The second-order valence-electron chi connectivity index (χ2n) is 5.13. The number of nitrogens with zero attached hydrogens (tertiary/aromatic N) is 1. The molecule has 0 unspecified atom stereocenters. The minimum Gasteiger partial charge on any atom is -0.480 e. The van der Waals surface area contributed by atoms with E-state index in [2.05, 4.69) is 31.5 Å². The van der Waals surface area contributed by atoms with E-state index in [1.165, 1.54) is 18.5 Å². The number of carbonyl (C=O) groups is 3. The molecule has 7 nitrogen and oxygen atoms in total. The van der Waals surface area contributed by atoms with Gasteiger partial charge < -0.3 is 15.7 Å². The lowest BCUT2D eigenvalue weighted by Crippen LogP contribution is -2.46. The molecular weight excluding hydrogens is 354 g/mol. The molecule has 0 aliphatic heterocycles. The molecule has 0 radical (unpaired) electrons. The van der Waals surface area contributed by atoms with E-state index in [-0.39, 0.29) is 12.5 Å². The molecule has 8 heteroatoms. The van der Waals surface area contributed by atoms with Gasteiger partial charge in [0.15, 0.2) is 0 Å². The molecule has 0 aliphatic rings. The van der Waals surface area contributed by atoms with E-state index in [9.17, 15) is 14.4 Å². The first-order valence-corrected chi connectivity index (χ1v) is 7.50. The summed E-state index contributed by atoms with van der Waals surface area (Å²) in [4.78, 5) is 38.5. The number of aromatic nitrogens is 1. The summed E-state index contributed by atoms with van der Waals surface area (Å²) in [6.07, 6.45) is 3.26.